The lowest BCUT2D eigenvalue weighted by atomic mass is 9.95. The first kappa shape index (κ1) is 10.4. The number of ether oxygens (including phenoxy) is 1. The quantitative estimate of drug-likeness (QED) is 0.837. The lowest BCUT2D eigenvalue weighted by Gasteiger charge is -2.21. The van der Waals surface area contributed by atoms with Gasteiger partial charge in [-0.15, -0.1) is 0 Å². The van der Waals surface area contributed by atoms with Crippen LogP contribution in [0, 0.1) is 0 Å². The average molecular weight is 272 g/mol. The molecule has 0 spiro atoms. The number of hydrogen-bond donors (Lipinski definition) is 1. The van der Waals surface area contributed by atoms with E-state index >= 15 is 0 Å². The van der Waals surface area contributed by atoms with E-state index in [0.29, 0.717) is 23.2 Å². The number of aliphatic carboxylic acids is 1. The van der Waals surface area contributed by atoms with E-state index in [0.717, 1.165) is 5.56 Å². The van der Waals surface area contributed by atoms with E-state index in [9.17, 15) is 4.79 Å². The molecule has 1 aliphatic heterocycles. The molecule has 0 fully saturated rings. The zero-order valence-corrected chi connectivity index (χ0v) is 9.74. The molecule has 0 amide bonds. The van der Waals surface area contributed by atoms with Crippen molar-refractivity contribution in [1.82, 2.24) is 4.98 Å². The summed E-state index contributed by atoms with van der Waals surface area (Å²) < 4.78 is 6.18. The normalized spacial score (nSPS) is 23.3. The lowest BCUT2D eigenvalue weighted by molar-refractivity contribution is -0.154. The van der Waals surface area contributed by atoms with Crippen LogP contribution >= 0.6 is 15.9 Å². The maximum atomic E-state index is 11.2. The molecular formula is C10H10BrNO3. The Balaban J connectivity index is 2.44. The van der Waals surface area contributed by atoms with Crippen LogP contribution in [0.2, 0.25) is 0 Å². The molecule has 0 saturated carbocycles. The van der Waals surface area contributed by atoms with Crippen LogP contribution in [0.3, 0.4) is 0 Å². The molecule has 1 atom stereocenters. The monoisotopic (exact) mass is 271 g/mol. The molecule has 80 valence electrons. The zero-order valence-electron chi connectivity index (χ0n) is 8.16. The highest BCUT2D eigenvalue weighted by Gasteiger charge is 2.45. The first-order valence-electron chi connectivity index (χ1n) is 4.65. The molecule has 1 N–H and O–H groups in total. The molecular weight excluding hydrogens is 262 g/mol. The van der Waals surface area contributed by atoms with Gasteiger partial charge in [0, 0.05) is 18.2 Å². The summed E-state index contributed by atoms with van der Waals surface area (Å²) in [6.07, 6.45) is 2.39. The van der Waals surface area contributed by atoms with E-state index < -0.39 is 11.6 Å². The van der Waals surface area contributed by atoms with Crippen LogP contribution in [-0.4, -0.2) is 21.7 Å². The summed E-state index contributed by atoms with van der Waals surface area (Å²) >= 11 is 3.29. The van der Waals surface area contributed by atoms with E-state index in [-0.39, 0.29) is 0 Å². The fraction of sp³-hybridized carbons (Fsp3) is 0.400. The van der Waals surface area contributed by atoms with Crippen molar-refractivity contribution in [3.63, 3.8) is 0 Å². The van der Waals surface area contributed by atoms with Crippen molar-refractivity contribution >= 4 is 21.9 Å². The van der Waals surface area contributed by atoms with Crippen LogP contribution in [0.15, 0.2) is 16.9 Å². The van der Waals surface area contributed by atoms with Gasteiger partial charge in [0.2, 0.25) is 5.60 Å². The number of carboxylic acids is 1. The molecule has 2 rings (SSSR count). The summed E-state index contributed by atoms with van der Waals surface area (Å²) in [4.78, 5) is 15.2. The topological polar surface area (TPSA) is 59.4 Å². The Bertz CT molecular complexity index is 421. The molecule has 5 heteroatoms. The van der Waals surface area contributed by atoms with Crippen LogP contribution in [0.25, 0.3) is 0 Å². The summed E-state index contributed by atoms with van der Waals surface area (Å²) in [5.41, 5.74) is -0.282. The third kappa shape index (κ3) is 1.51. The van der Waals surface area contributed by atoms with Gasteiger partial charge in [0.25, 0.3) is 0 Å². The van der Waals surface area contributed by atoms with Crippen LogP contribution in [0.1, 0.15) is 18.9 Å². The second-order valence-electron chi connectivity index (χ2n) is 3.51. The van der Waals surface area contributed by atoms with Gasteiger partial charge in [0.1, 0.15) is 10.4 Å². The van der Waals surface area contributed by atoms with Gasteiger partial charge in [-0.1, -0.05) is 6.92 Å². The molecule has 0 saturated heterocycles. The minimum atomic E-state index is -1.12. The SMILES string of the molecule is CCC1(C(=O)O)Cc2c(ccnc2Br)O1. The van der Waals surface area contributed by atoms with Gasteiger partial charge in [0.05, 0.1) is 0 Å². The second-order valence-corrected chi connectivity index (χ2v) is 4.26. The number of carbonyl (C=O) groups is 1. The minimum Gasteiger partial charge on any atom is -0.478 e. The summed E-state index contributed by atoms with van der Waals surface area (Å²) in [5.74, 6) is -0.311. The Morgan fingerprint density at radius 1 is 1.80 bits per heavy atom. The van der Waals surface area contributed by atoms with Crippen LogP contribution in [-0.2, 0) is 11.2 Å². The number of carboxylic acid groups (broad SMARTS) is 1. The van der Waals surface area contributed by atoms with Crippen molar-refractivity contribution < 1.29 is 14.6 Å². The summed E-state index contributed by atoms with van der Waals surface area (Å²) in [5, 5.41) is 9.17. The number of fused-ring (bicyclic) bond motifs is 1. The van der Waals surface area contributed by atoms with Crippen molar-refractivity contribution in [3.8, 4) is 5.75 Å². The third-order valence-corrected chi connectivity index (χ3v) is 3.37. The molecule has 15 heavy (non-hydrogen) atoms. The number of aromatic nitrogens is 1. The van der Waals surface area contributed by atoms with E-state index in [1.54, 1.807) is 19.2 Å². The standard InChI is InChI=1S/C10H10BrNO3/c1-2-10(9(13)14)5-6-7(15-10)3-4-12-8(6)11/h3-4H,2,5H2,1H3,(H,13,14). The van der Waals surface area contributed by atoms with E-state index in [1.807, 2.05) is 0 Å². The summed E-state index contributed by atoms with van der Waals surface area (Å²) in [6.45, 7) is 1.81. The van der Waals surface area contributed by atoms with Crippen molar-refractivity contribution in [3.05, 3.63) is 22.4 Å². The Labute approximate surface area is 95.4 Å². The molecule has 1 aliphatic rings. The first-order valence-corrected chi connectivity index (χ1v) is 5.44. The minimum absolute atomic E-state index is 0.364. The Morgan fingerprint density at radius 3 is 3.07 bits per heavy atom. The van der Waals surface area contributed by atoms with Gasteiger partial charge in [-0.25, -0.2) is 9.78 Å². The molecule has 2 heterocycles. The smallest absolute Gasteiger partial charge is 0.348 e. The Kier molecular flexibility index (Phi) is 2.42. The number of pyridine rings is 1. The molecule has 1 unspecified atom stereocenters. The van der Waals surface area contributed by atoms with Gasteiger partial charge >= 0.3 is 5.97 Å². The maximum absolute atomic E-state index is 11.2. The molecule has 0 aliphatic carbocycles. The summed E-state index contributed by atoms with van der Waals surface area (Å²) in [6, 6.07) is 1.69. The molecule has 0 aromatic carbocycles. The van der Waals surface area contributed by atoms with Gasteiger partial charge in [0.15, 0.2) is 0 Å². The van der Waals surface area contributed by atoms with E-state index in [4.69, 9.17) is 9.84 Å². The van der Waals surface area contributed by atoms with Gasteiger partial charge in [-0.2, -0.15) is 0 Å². The molecule has 0 radical (unpaired) electrons. The van der Waals surface area contributed by atoms with Crippen molar-refractivity contribution in [1.29, 1.82) is 0 Å². The fourth-order valence-corrected chi connectivity index (χ4v) is 2.16. The second kappa shape index (κ2) is 3.48. The number of hydrogen-bond acceptors (Lipinski definition) is 3. The van der Waals surface area contributed by atoms with Gasteiger partial charge in [-0.05, 0) is 28.4 Å². The highest BCUT2D eigenvalue weighted by Crippen LogP contribution is 2.39. The Morgan fingerprint density at radius 2 is 2.53 bits per heavy atom. The first-order chi connectivity index (χ1) is 7.09. The number of nitrogens with zero attached hydrogens (tertiary/aromatic N) is 1. The Hall–Kier alpha value is -1.10. The zero-order chi connectivity index (χ0) is 11.1. The van der Waals surface area contributed by atoms with Crippen LogP contribution < -0.4 is 4.74 Å². The predicted octanol–water partition coefficient (Wildman–Crippen LogP) is 2.01. The number of halogens is 1. The largest absolute Gasteiger partial charge is 0.478 e. The summed E-state index contributed by atoms with van der Waals surface area (Å²) in [7, 11) is 0. The van der Waals surface area contributed by atoms with Gasteiger partial charge in [-0.3, -0.25) is 0 Å². The molecule has 1 aromatic rings. The van der Waals surface area contributed by atoms with Crippen molar-refractivity contribution in [2.75, 3.05) is 0 Å². The van der Waals surface area contributed by atoms with Gasteiger partial charge < -0.3 is 9.84 Å². The molecule has 1 aromatic heterocycles. The number of rotatable bonds is 2. The van der Waals surface area contributed by atoms with Crippen LogP contribution in [0.5, 0.6) is 5.75 Å². The van der Waals surface area contributed by atoms with Crippen molar-refractivity contribution in [2.24, 2.45) is 0 Å². The lowest BCUT2D eigenvalue weighted by Crippen LogP contribution is -2.42. The average Bonchev–Trinajstić information content (AvgIpc) is 2.59. The fourth-order valence-electron chi connectivity index (χ4n) is 1.71. The van der Waals surface area contributed by atoms with E-state index in [2.05, 4.69) is 20.9 Å². The van der Waals surface area contributed by atoms with E-state index in [1.165, 1.54) is 0 Å². The van der Waals surface area contributed by atoms with Crippen molar-refractivity contribution in [2.45, 2.75) is 25.4 Å². The third-order valence-electron chi connectivity index (χ3n) is 2.69. The predicted molar refractivity (Wildman–Crippen MR) is 56.9 cm³/mol. The highest BCUT2D eigenvalue weighted by molar-refractivity contribution is 9.10. The highest BCUT2D eigenvalue weighted by atomic mass is 79.9. The molecule has 4 nitrogen and oxygen atoms in total. The molecule has 0 bridgehead atoms. The van der Waals surface area contributed by atoms with Crippen LogP contribution in [0.4, 0.5) is 0 Å². The maximum Gasteiger partial charge on any atom is 0.348 e.